The van der Waals surface area contributed by atoms with E-state index in [1.165, 1.54) is 16.2 Å². The Labute approximate surface area is 176 Å². The molecular formula is C18H18N3NaO5. The SMILES string of the molecule is Cc1cn2c(c(O)c(C(=O)NCC(=O)O)c(=O)n2C)c1-c1ccccc1.[NaH]. The molecule has 2 aromatic heterocycles. The molecular weight excluding hydrogens is 361 g/mol. The minimum atomic E-state index is -1.25. The average Bonchev–Trinajstić information content (AvgIpc) is 2.96. The molecule has 0 saturated heterocycles. The van der Waals surface area contributed by atoms with Gasteiger partial charge in [-0.15, -0.1) is 0 Å². The Morgan fingerprint density at radius 2 is 1.81 bits per heavy atom. The Kier molecular flexibility index (Phi) is 6.15. The van der Waals surface area contributed by atoms with Crippen molar-refractivity contribution in [3.05, 3.63) is 58.0 Å². The topological polar surface area (TPSA) is 113 Å². The number of aromatic hydroxyl groups is 1. The molecule has 0 aliphatic rings. The zero-order chi connectivity index (χ0) is 19.0. The number of fused-ring (bicyclic) bond motifs is 1. The number of nitrogens with one attached hydrogen (secondary N) is 1. The van der Waals surface area contributed by atoms with E-state index in [0.717, 1.165) is 11.1 Å². The quantitative estimate of drug-likeness (QED) is 0.571. The van der Waals surface area contributed by atoms with Crippen LogP contribution in [0.4, 0.5) is 0 Å². The zero-order valence-corrected chi connectivity index (χ0v) is 14.2. The molecule has 27 heavy (non-hydrogen) atoms. The number of rotatable bonds is 4. The number of carboxylic acid groups (broad SMARTS) is 1. The van der Waals surface area contributed by atoms with E-state index < -0.39 is 35.3 Å². The van der Waals surface area contributed by atoms with Gasteiger partial charge in [0.1, 0.15) is 17.6 Å². The standard InChI is InChI=1S/C18H17N3O5.Na.H/c1-10-9-21-15(13(10)11-6-4-3-5-7-11)16(24)14(18(26)20(21)2)17(25)19-8-12(22)23;;/h3-7,9,24H,8H2,1-2H3,(H,19,25)(H,22,23);;. The number of aromatic nitrogens is 2. The van der Waals surface area contributed by atoms with Gasteiger partial charge in [0.05, 0.1) is 0 Å². The summed E-state index contributed by atoms with van der Waals surface area (Å²) < 4.78 is 2.67. The number of aliphatic carboxylic acids is 1. The molecule has 0 fully saturated rings. The molecule has 0 spiro atoms. The second-order valence-corrected chi connectivity index (χ2v) is 5.88. The molecule has 1 aromatic carbocycles. The van der Waals surface area contributed by atoms with Gasteiger partial charge in [-0.1, -0.05) is 30.3 Å². The van der Waals surface area contributed by atoms with Crippen molar-refractivity contribution in [1.29, 1.82) is 0 Å². The first-order valence-electron chi connectivity index (χ1n) is 7.82. The molecule has 0 aliphatic heterocycles. The summed E-state index contributed by atoms with van der Waals surface area (Å²) in [5.41, 5.74) is 1.40. The van der Waals surface area contributed by atoms with Crippen LogP contribution in [-0.4, -0.2) is 67.4 Å². The van der Waals surface area contributed by atoms with Gasteiger partial charge in [0.2, 0.25) is 0 Å². The van der Waals surface area contributed by atoms with E-state index in [1.54, 1.807) is 6.20 Å². The van der Waals surface area contributed by atoms with E-state index in [0.29, 0.717) is 11.1 Å². The van der Waals surface area contributed by atoms with E-state index in [1.807, 2.05) is 37.3 Å². The molecule has 0 unspecified atom stereocenters. The van der Waals surface area contributed by atoms with Crippen molar-refractivity contribution in [3.8, 4) is 16.9 Å². The fraction of sp³-hybridized carbons (Fsp3) is 0.167. The van der Waals surface area contributed by atoms with Crippen LogP contribution in [0, 0.1) is 6.92 Å². The maximum atomic E-state index is 12.5. The van der Waals surface area contributed by atoms with Gasteiger partial charge in [-0.25, -0.2) is 4.68 Å². The number of benzene rings is 1. The summed E-state index contributed by atoms with van der Waals surface area (Å²) in [6, 6.07) is 9.27. The van der Waals surface area contributed by atoms with Crippen molar-refractivity contribution in [3.63, 3.8) is 0 Å². The molecule has 0 atom stereocenters. The number of hydrogen-bond donors (Lipinski definition) is 3. The third-order valence-electron chi connectivity index (χ3n) is 4.16. The molecule has 0 bridgehead atoms. The normalized spacial score (nSPS) is 10.4. The summed E-state index contributed by atoms with van der Waals surface area (Å²) in [7, 11) is 1.47. The molecule has 136 valence electrons. The van der Waals surface area contributed by atoms with Crippen LogP contribution >= 0.6 is 0 Å². The van der Waals surface area contributed by atoms with Crippen molar-refractivity contribution >= 4 is 47.0 Å². The van der Waals surface area contributed by atoms with Crippen LogP contribution in [0.2, 0.25) is 0 Å². The van der Waals surface area contributed by atoms with E-state index in [4.69, 9.17) is 5.11 Å². The monoisotopic (exact) mass is 379 g/mol. The molecule has 8 nitrogen and oxygen atoms in total. The predicted octanol–water partition coefficient (Wildman–Crippen LogP) is 0.485. The van der Waals surface area contributed by atoms with Gasteiger partial charge < -0.3 is 15.5 Å². The van der Waals surface area contributed by atoms with Gasteiger partial charge in [-0.05, 0) is 18.1 Å². The molecule has 3 rings (SSSR count). The zero-order valence-electron chi connectivity index (χ0n) is 14.2. The first kappa shape index (κ1) is 20.8. The van der Waals surface area contributed by atoms with Gasteiger partial charge >= 0.3 is 35.5 Å². The third kappa shape index (κ3) is 3.64. The summed E-state index contributed by atoms with van der Waals surface area (Å²) in [4.78, 5) is 35.5. The Morgan fingerprint density at radius 1 is 1.19 bits per heavy atom. The molecule has 3 N–H and O–H groups in total. The predicted molar refractivity (Wildman–Crippen MR) is 102 cm³/mol. The molecule has 0 radical (unpaired) electrons. The van der Waals surface area contributed by atoms with E-state index in [2.05, 4.69) is 5.32 Å². The van der Waals surface area contributed by atoms with Crippen LogP contribution in [0.25, 0.3) is 16.6 Å². The first-order chi connectivity index (χ1) is 12.3. The number of carbonyl (C=O) groups is 2. The number of nitrogens with zero attached hydrogens (tertiary/aromatic N) is 2. The molecule has 9 heteroatoms. The van der Waals surface area contributed by atoms with Gasteiger partial charge in [0.25, 0.3) is 11.5 Å². The Morgan fingerprint density at radius 3 is 2.41 bits per heavy atom. The van der Waals surface area contributed by atoms with Gasteiger partial charge in [-0.3, -0.25) is 18.9 Å². The summed E-state index contributed by atoms with van der Waals surface area (Å²) in [5, 5.41) is 21.5. The second kappa shape index (κ2) is 7.99. The van der Waals surface area contributed by atoms with Crippen LogP contribution in [0.15, 0.2) is 41.3 Å². The Hall–Kier alpha value is -2.55. The molecule has 2 heterocycles. The van der Waals surface area contributed by atoms with E-state index in [9.17, 15) is 19.5 Å². The molecule has 3 aromatic rings. The summed E-state index contributed by atoms with van der Waals surface area (Å²) in [6.07, 6.45) is 1.69. The van der Waals surface area contributed by atoms with Crippen molar-refractivity contribution in [2.45, 2.75) is 6.92 Å². The van der Waals surface area contributed by atoms with Crippen LogP contribution < -0.4 is 10.9 Å². The van der Waals surface area contributed by atoms with E-state index >= 15 is 0 Å². The summed E-state index contributed by atoms with van der Waals surface area (Å²) in [5.74, 6) is -2.67. The fourth-order valence-corrected chi connectivity index (χ4v) is 2.97. The molecule has 0 saturated carbocycles. The average molecular weight is 379 g/mol. The van der Waals surface area contributed by atoms with Crippen molar-refractivity contribution in [2.24, 2.45) is 7.05 Å². The Bertz CT molecular complexity index is 1090. The number of hydrogen-bond acceptors (Lipinski definition) is 4. The maximum absolute atomic E-state index is 12.5. The van der Waals surface area contributed by atoms with Gasteiger partial charge in [0, 0.05) is 18.8 Å². The number of aryl methyl sites for hydroxylation is 2. The summed E-state index contributed by atoms with van der Waals surface area (Å²) in [6.45, 7) is 1.18. The number of amides is 1. The van der Waals surface area contributed by atoms with Crippen molar-refractivity contribution < 1.29 is 19.8 Å². The van der Waals surface area contributed by atoms with Gasteiger partial charge in [-0.2, -0.15) is 0 Å². The van der Waals surface area contributed by atoms with Gasteiger partial charge in [0.15, 0.2) is 5.75 Å². The summed E-state index contributed by atoms with van der Waals surface area (Å²) >= 11 is 0. The Balaban J connectivity index is 0.00000261. The third-order valence-corrected chi connectivity index (χ3v) is 4.16. The van der Waals surface area contributed by atoms with Crippen LogP contribution in [0.3, 0.4) is 0 Å². The van der Waals surface area contributed by atoms with Crippen molar-refractivity contribution in [2.75, 3.05) is 6.54 Å². The number of carbonyl (C=O) groups excluding carboxylic acids is 1. The number of carboxylic acids is 1. The first-order valence-corrected chi connectivity index (χ1v) is 7.82. The van der Waals surface area contributed by atoms with E-state index in [-0.39, 0.29) is 29.6 Å². The fourth-order valence-electron chi connectivity index (χ4n) is 2.97. The molecule has 1 amide bonds. The van der Waals surface area contributed by atoms with Crippen LogP contribution in [0.1, 0.15) is 15.9 Å². The molecule has 0 aliphatic carbocycles. The van der Waals surface area contributed by atoms with Crippen LogP contribution in [-0.2, 0) is 11.8 Å². The van der Waals surface area contributed by atoms with Crippen LogP contribution in [0.5, 0.6) is 5.75 Å². The minimum absolute atomic E-state index is 0. The van der Waals surface area contributed by atoms with Crippen molar-refractivity contribution in [1.82, 2.24) is 14.5 Å². The second-order valence-electron chi connectivity index (χ2n) is 5.88.